The first kappa shape index (κ1) is 39.8. The predicted molar refractivity (Wildman–Crippen MR) is 169 cm³/mol. The Morgan fingerprint density at radius 1 is 0.646 bits per heavy atom. The Labute approximate surface area is 278 Å². The van der Waals surface area contributed by atoms with Gasteiger partial charge in [0.05, 0.1) is 39.4 Å². The summed E-state index contributed by atoms with van der Waals surface area (Å²) >= 11 is 0. The van der Waals surface area contributed by atoms with Crippen molar-refractivity contribution in [1.29, 1.82) is 0 Å². The van der Waals surface area contributed by atoms with Crippen molar-refractivity contribution < 1.29 is 58.3 Å². The number of carboxylic acids is 3. The molecule has 48 heavy (non-hydrogen) atoms. The molecule has 1 saturated heterocycles. The lowest BCUT2D eigenvalue weighted by molar-refractivity contribution is -0.140. The molecule has 5 N–H and O–H groups in total. The lowest BCUT2D eigenvalue weighted by Gasteiger charge is -2.32. The topological polar surface area (TPSA) is 228 Å². The maximum Gasteiger partial charge on any atom is 0.513 e. The van der Waals surface area contributed by atoms with Crippen LogP contribution in [0.15, 0.2) is 24.3 Å². The number of rotatable bonds is 17. The van der Waals surface area contributed by atoms with Crippen molar-refractivity contribution in [3.63, 3.8) is 0 Å². The maximum absolute atomic E-state index is 12.7. The molecular weight excluding hydrogens is 636 g/mol. The van der Waals surface area contributed by atoms with Crippen LogP contribution >= 0.6 is 0 Å². The molecule has 0 atom stereocenters. The second kappa shape index (κ2) is 22.3. The fourth-order valence-corrected chi connectivity index (χ4v) is 4.66. The summed E-state index contributed by atoms with van der Waals surface area (Å²) in [5.41, 5.74) is 0.425. The molecule has 1 aromatic rings. The van der Waals surface area contributed by atoms with Crippen molar-refractivity contribution in [2.75, 3.05) is 111 Å². The number of nitrogens with one attached hydrogen (secondary N) is 2. The van der Waals surface area contributed by atoms with E-state index >= 15 is 0 Å². The summed E-state index contributed by atoms with van der Waals surface area (Å²) in [6.45, 7) is 4.14. The summed E-state index contributed by atoms with van der Waals surface area (Å²) in [5.74, 6) is -3.44. The van der Waals surface area contributed by atoms with Gasteiger partial charge in [0, 0.05) is 71.0 Å². The van der Waals surface area contributed by atoms with E-state index in [0.717, 1.165) is 0 Å². The molecule has 268 valence electrons. The molecule has 1 heterocycles. The van der Waals surface area contributed by atoms with Crippen LogP contribution in [0.1, 0.15) is 17.3 Å². The smallest absolute Gasteiger partial charge is 0.480 e. The second-order valence-electron chi connectivity index (χ2n) is 10.8. The van der Waals surface area contributed by atoms with Crippen LogP contribution in [0.3, 0.4) is 0 Å². The lowest BCUT2D eigenvalue weighted by atomic mass is 10.2. The molecule has 0 spiro atoms. The minimum Gasteiger partial charge on any atom is -0.480 e. The molecule has 18 heteroatoms. The van der Waals surface area contributed by atoms with Gasteiger partial charge >= 0.3 is 24.1 Å². The number of amides is 2. The number of hydrogen-bond acceptors (Lipinski definition) is 13. The van der Waals surface area contributed by atoms with Gasteiger partial charge in [-0.15, -0.1) is 0 Å². The highest BCUT2D eigenvalue weighted by atomic mass is 16.7. The molecule has 2 amide bonds. The van der Waals surface area contributed by atoms with Crippen molar-refractivity contribution in [2.45, 2.75) is 6.92 Å². The van der Waals surface area contributed by atoms with Crippen LogP contribution in [0.25, 0.3) is 0 Å². The van der Waals surface area contributed by atoms with E-state index < -0.39 is 24.1 Å². The number of carbonyl (C=O) groups is 6. The zero-order valence-corrected chi connectivity index (χ0v) is 27.1. The first-order valence-electron chi connectivity index (χ1n) is 15.6. The van der Waals surface area contributed by atoms with Crippen LogP contribution < -0.4 is 15.4 Å². The summed E-state index contributed by atoms with van der Waals surface area (Å²) in [7, 11) is 0. The fourth-order valence-electron chi connectivity index (χ4n) is 4.66. The van der Waals surface area contributed by atoms with Crippen LogP contribution in [-0.4, -0.2) is 182 Å². The van der Waals surface area contributed by atoms with Gasteiger partial charge in [-0.3, -0.25) is 43.6 Å². The summed E-state index contributed by atoms with van der Waals surface area (Å²) in [6, 6.07) is 5.98. The molecule has 0 radical (unpaired) electrons. The number of nitrogens with zero attached hydrogens (tertiary/aromatic N) is 4. The second-order valence-corrected chi connectivity index (χ2v) is 10.8. The standard InChI is InChI=1S/C30H46N6O12/c1-2-31-29(44)23-3-5-24(6-4-23)48-30(45)47-18-17-46-16-7-32-25(37)19-33-8-10-34(20-26(38)39)12-14-36(22-28(42)43)15-13-35(11-9-33)21-27(40)41/h3-6H,2,7-22H2,1H3,(H,31,44)(H,32,37)(H,38,39)(H,40,41)(H,42,43). The first-order valence-corrected chi connectivity index (χ1v) is 15.6. The third-order valence-corrected chi connectivity index (χ3v) is 7.04. The van der Waals surface area contributed by atoms with Gasteiger partial charge in [0.1, 0.15) is 12.4 Å². The Morgan fingerprint density at radius 2 is 1.10 bits per heavy atom. The molecule has 1 aliphatic rings. The Balaban J connectivity index is 1.77. The van der Waals surface area contributed by atoms with Crippen LogP contribution in [-0.2, 0) is 28.7 Å². The lowest BCUT2D eigenvalue weighted by Crippen LogP contribution is -2.50. The van der Waals surface area contributed by atoms with E-state index in [1.807, 2.05) is 4.90 Å². The molecule has 0 bridgehead atoms. The van der Waals surface area contributed by atoms with Gasteiger partial charge in [-0.25, -0.2) is 4.79 Å². The van der Waals surface area contributed by atoms with Gasteiger partial charge < -0.3 is 40.2 Å². The van der Waals surface area contributed by atoms with Crippen LogP contribution in [0.5, 0.6) is 5.75 Å². The Morgan fingerprint density at radius 3 is 1.54 bits per heavy atom. The molecule has 0 aromatic heterocycles. The van der Waals surface area contributed by atoms with Crippen molar-refractivity contribution >= 4 is 35.9 Å². The van der Waals surface area contributed by atoms with Gasteiger partial charge in [-0.05, 0) is 31.2 Å². The Bertz CT molecular complexity index is 1170. The van der Waals surface area contributed by atoms with Crippen molar-refractivity contribution in [3.05, 3.63) is 29.8 Å². The summed E-state index contributed by atoms with van der Waals surface area (Å²) in [5, 5.41) is 33.4. The molecule has 0 saturated carbocycles. The molecule has 1 aromatic carbocycles. The van der Waals surface area contributed by atoms with E-state index in [1.54, 1.807) is 21.6 Å². The highest BCUT2D eigenvalue weighted by molar-refractivity contribution is 5.94. The summed E-state index contributed by atoms with van der Waals surface area (Å²) < 4.78 is 15.4. The van der Waals surface area contributed by atoms with E-state index in [0.29, 0.717) is 38.3 Å². The minimum absolute atomic E-state index is 0.0217. The monoisotopic (exact) mass is 682 g/mol. The highest BCUT2D eigenvalue weighted by Crippen LogP contribution is 2.13. The molecule has 0 aliphatic carbocycles. The van der Waals surface area contributed by atoms with Gasteiger partial charge in [0.2, 0.25) is 5.91 Å². The van der Waals surface area contributed by atoms with Crippen LogP contribution in [0.4, 0.5) is 4.79 Å². The van der Waals surface area contributed by atoms with Gasteiger partial charge in [-0.1, -0.05) is 0 Å². The van der Waals surface area contributed by atoms with Crippen LogP contribution in [0.2, 0.25) is 0 Å². The Hall–Kier alpha value is -4.36. The normalized spacial score (nSPS) is 15.8. The largest absolute Gasteiger partial charge is 0.513 e. The number of aliphatic carboxylic acids is 3. The number of carboxylic acid groups (broad SMARTS) is 3. The minimum atomic E-state index is -1.04. The van der Waals surface area contributed by atoms with Crippen molar-refractivity contribution in [3.8, 4) is 5.75 Å². The molecular formula is C30H46N6O12. The maximum atomic E-state index is 12.7. The zero-order chi connectivity index (χ0) is 35.3. The van der Waals surface area contributed by atoms with E-state index in [-0.39, 0.29) is 96.3 Å². The summed E-state index contributed by atoms with van der Waals surface area (Å²) in [6.07, 6.45) is -0.940. The van der Waals surface area contributed by atoms with Gasteiger partial charge in [-0.2, -0.15) is 0 Å². The quantitative estimate of drug-likeness (QED) is 0.0720. The molecule has 1 aliphatic heterocycles. The fraction of sp³-hybridized carbons (Fsp3) is 0.600. The molecule has 2 rings (SSSR count). The van der Waals surface area contributed by atoms with Gasteiger partial charge in [0.15, 0.2) is 0 Å². The average molecular weight is 683 g/mol. The Kier molecular flexibility index (Phi) is 18.5. The summed E-state index contributed by atoms with van der Waals surface area (Å²) in [4.78, 5) is 77.4. The highest BCUT2D eigenvalue weighted by Gasteiger charge is 2.21. The van der Waals surface area contributed by atoms with E-state index in [4.69, 9.17) is 14.2 Å². The van der Waals surface area contributed by atoms with E-state index in [1.165, 1.54) is 24.3 Å². The van der Waals surface area contributed by atoms with Crippen molar-refractivity contribution in [1.82, 2.24) is 30.2 Å². The van der Waals surface area contributed by atoms with E-state index in [2.05, 4.69) is 10.6 Å². The third kappa shape index (κ3) is 17.5. The molecule has 0 unspecified atom stereocenters. The molecule has 1 fully saturated rings. The molecule has 18 nitrogen and oxygen atoms in total. The third-order valence-electron chi connectivity index (χ3n) is 7.04. The van der Waals surface area contributed by atoms with E-state index in [9.17, 15) is 44.1 Å². The zero-order valence-electron chi connectivity index (χ0n) is 27.1. The number of benzene rings is 1. The SMILES string of the molecule is CCNC(=O)c1ccc(OC(=O)OCCOCCNC(=O)CN2CCN(CC(=O)O)CCN(CC(=O)O)CCN(CC(=O)O)CC2)cc1. The number of hydrogen-bond donors (Lipinski definition) is 5. The predicted octanol–water partition coefficient (Wildman–Crippen LogP) is -1.44. The first-order chi connectivity index (χ1) is 22.9. The number of carbonyl (C=O) groups excluding carboxylic acids is 3. The average Bonchev–Trinajstić information content (AvgIpc) is 3.01. The van der Waals surface area contributed by atoms with Gasteiger partial charge in [0.25, 0.3) is 5.91 Å². The number of ether oxygens (including phenoxy) is 3. The van der Waals surface area contributed by atoms with Crippen molar-refractivity contribution in [2.24, 2.45) is 0 Å². The van der Waals surface area contributed by atoms with Crippen LogP contribution in [0, 0.1) is 0 Å².